The number of rotatable bonds is 6. The Morgan fingerprint density at radius 1 is 1.26 bits per heavy atom. The molecule has 1 unspecified atom stereocenters. The van der Waals surface area contributed by atoms with Crippen molar-refractivity contribution >= 4 is 23.4 Å². The van der Waals surface area contributed by atoms with Gasteiger partial charge in [0.25, 0.3) is 0 Å². The maximum Gasteiger partial charge on any atom is 0.338 e. The van der Waals surface area contributed by atoms with E-state index < -0.39 is 11.3 Å². The first-order valence-electron chi connectivity index (χ1n) is 6.09. The molecule has 5 heteroatoms. The van der Waals surface area contributed by atoms with Crippen LogP contribution in [0.3, 0.4) is 0 Å². The predicted octanol–water partition coefficient (Wildman–Crippen LogP) is 3.13. The molecule has 0 bridgehead atoms. The maximum atomic E-state index is 11.6. The zero-order valence-electron chi connectivity index (χ0n) is 11.2. The Balaban J connectivity index is 3.14. The third kappa shape index (κ3) is 3.96. The van der Waals surface area contributed by atoms with Gasteiger partial charge < -0.3 is 9.47 Å². The van der Waals surface area contributed by atoms with Crippen LogP contribution in [0, 0.1) is 0 Å². The molecule has 0 aromatic heterocycles. The first-order chi connectivity index (χ1) is 9.01. The molecule has 0 aliphatic carbocycles. The van der Waals surface area contributed by atoms with Gasteiger partial charge in [0, 0.05) is 5.56 Å². The summed E-state index contributed by atoms with van der Waals surface area (Å²) in [5, 5.41) is -0.780. The highest BCUT2D eigenvalue weighted by molar-refractivity contribution is 6.31. The van der Waals surface area contributed by atoms with Gasteiger partial charge in [-0.1, -0.05) is 6.07 Å². The number of halogens is 1. The highest BCUT2D eigenvalue weighted by atomic mass is 35.5. The SMILES string of the molecule is CCOC(=O)c1ccc(C(Cl)C(C)=O)c(OCC)c1. The Kier molecular flexibility index (Phi) is 5.83. The fraction of sp³-hybridized carbons (Fsp3) is 0.429. The van der Waals surface area contributed by atoms with E-state index in [1.807, 2.05) is 6.92 Å². The normalized spacial score (nSPS) is 11.8. The van der Waals surface area contributed by atoms with Crippen molar-refractivity contribution in [2.75, 3.05) is 13.2 Å². The van der Waals surface area contributed by atoms with Gasteiger partial charge in [-0.05, 0) is 32.9 Å². The molecule has 0 N–H and O–H groups in total. The second-order valence-electron chi connectivity index (χ2n) is 3.88. The summed E-state index contributed by atoms with van der Waals surface area (Å²) in [5.41, 5.74) is 0.936. The molecular weight excluding hydrogens is 268 g/mol. The number of carbonyl (C=O) groups excluding carboxylic acids is 2. The molecule has 104 valence electrons. The van der Waals surface area contributed by atoms with Gasteiger partial charge in [0.05, 0.1) is 18.8 Å². The number of ether oxygens (including phenoxy) is 2. The van der Waals surface area contributed by atoms with Crippen LogP contribution >= 0.6 is 11.6 Å². The number of esters is 1. The van der Waals surface area contributed by atoms with Gasteiger partial charge in [0.1, 0.15) is 11.1 Å². The molecule has 1 rings (SSSR count). The quantitative estimate of drug-likeness (QED) is 0.595. The number of hydrogen-bond acceptors (Lipinski definition) is 4. The van der Waals surface area contributed by atoms with Gasteiger partial charge in [0.2, 0.25) is 0 Å². The van der Waals surface area contributed by atoms with E-state index in [1.54, 1.807) is 25.1 Å². The molecule has 1 atom stereocenters. The lowest BCUT2D eigenvalue weighted by molar-refractivity contribution is -0.116. The lowest BCUT2D eigenvalue weighted by atomic mass is 10.1. The zero-order chi connectivity index (χ0) is 14.4. The van der Waals surface area contributed by atoms with E-state index >= 15 is 0 Å². The molecule has 1 aromatic carbocycles. The van der Waals surface area contributed by atoms with Crippen molar-refractivity contribution in [1.29, 1.82) is 0 Å². The molecule has 0 aliphatic rings. The lowest BCUT2D eigenvalue weighted by Crippen LogP contribution is -2.09. The van der Waals surface area contributed by atoms with Crippen LogP contribution in [0.15, 0.2) is 18.2 Å². The largest absolute Gasteiger partial charge is 0.494 e. The Bertz CT molecular complexity index is 471. The molecule has 0 heterocycles. The van der Waals surface area contributed by atoms with Crippen molar-refractivity contribution in [1.82, 2.24) is 0 Å². The number of ketones is 1. The van der Waals surface area contributed by atoms with Crippen LogP contribution < -0.4 is 4.74 Å². The maximum absolute atomic E-state index is 11.6. The molecule has 0 aliphatic heterocycles. The van der Waals surface area contributed by atoms with Crippen molar-refractivity contribution < 1.29 is 19.1 Å². The van der Waals surface area contributed by atoms with Crippen LogP contribution in [0.2, 0.25) is 0 Å². The molecule has 0 spiro atoms. The van der Waals surface area contributed by atoms with Crippen molar-refractivity contribution in [3.8, 4) is 5.75 Å². The highest BCUT2D eigenvalue weighted by Crippen LogP contribution is 2.31. The molecule has 0 radical (unpaired) electrons. The molecule has 0 amide bonds. The number of carbonyl (C=O) groups is 2. The summed E-state index contributed by atoms with van der Waals surface area (Å²) >= 11 is 6.03. The Morgan fingerprint density at radius 3 is 2.47 bits per heavy atom. The van der Waals surface area contributed by atoms with Gasteiger partial charge in [0.15, 0.2) is 5.78 Å². The van der Waals surface area contributed by atoms with Crippen LogP contribution in [-0.4, -0.2) is 25.0 Å². The summed E-state index contributed by atoms with van der Waals surface area (Å²) < 4.78 is 10.3. The van der Waals surface area contributed by atoms with E-state index in [0.29, 0.717) is 30.1 Å². The second kappa shape index (κ2) is 7.14. The van der Waals surface area contributed by atoms with Crippen molar-refractivity contribution in [2.24, 2.45) is 0 Å². The van der Waals surface area contributed by atoms with Crippen LogP contribution in [0.5, 0.6) is 5.75 Å². The number of benzene rings is 1. The summed E-state index contributed by atoms with van der Waals surface area (Å²) in [6.07, 6.45) is 0. The molecule has 19 heavy (non-hydrogen) atoms. The minimum Gasteiger partial charge on any atom is -0.494 e. The Morgan fingerprint density at radius 2 is 1.95 bits per heavy atom. The lowest BCUT2D eigenvalue weighted by Gasteiger charge is -2.14. The first kappa shape index (κ1) is 15.5. The summed E-state index contributed by atoms with van der Waals surface area (Å²) in [7, 11) is 0. The smallest absolute Gasteiger partial charge is 0.338 e. The minimum absolute atomic E-state index is 0.175. The van der Waals surface area contributed by atoms with Gasteiger partial charge in [-0.15, -0.1) is 11.6 Å². The topological polar surface area (TPSA) is 52.6 Å². The van der Waals surface area contributed by atoms with Crippen LogP contribution in [-0.2, 0) is 9.53 Å². The average molecular weight is 285 g/mol. The van der Waals surface area contributed by atoms with E-state index in [9.17, 15) is 9.59 Å². The monoisotopic (exact) mass is 284 g/mol. The molecule has 0 saturated heterocycles. The minimum atomic E-state index is -0.780. The van der Waals surface area contributed by atoms with Crippen molar-refractivity contribution in [3.63, 3.8) is 0 Å². The van der Waals surface area contributed by atoms with Gasteiger partial charge in [-0.2, -0.15) is 0 Å². The standard InChI is InChI=1S/C14H17ClO4/c1-4-18-12-8-10(14(17)19-5-2)6-7-11(12)13(15)9(3)16/h6-8,13H,4-5H2,1-3H3. The Hall–Kier alpha value is -1.55. The number of hydrogen-bond donors (Lipinski definition) is 0. The summed E-state index contributed by atoms with van der Waals surface area (Å²) in [5.74, 6) is -0.168. The van der Waals surface area contributed by atoms with Gasteiger partial charge >= 0.3 is 5.97 Å². The van der Waals surface area contributed by atoms with Gasteiger partial charge in [-0.25, -0.2) is 4.79 Å². The van der Waals surface area contributed by atoms with E-state index in [1.165, 1.54) is 6.92 Å². The molecule has 0 fully saturated rings. The summed E-state index contributed by atoms with van der Waals surface area (Å²) in [6, 6.07) is 4.75. The average Bonchev–Trinajstić information content (AvgIpc) is 2.38. The Labute approximate surface area is 117 Å². The van der Waals surface area contributed by atoms with E-state index in [4.69, 9.17) is 21.1 Å². The summed E-state index contributed by atoms with van der Waals surface area (Å²) in [4.78, 5) is 23.0. The highest BCUT2D eigenvalue weighted by Gasteiger charge is 2.20. The molecule has 4 nitrogen and oxygen atoms in total. The number of alkyl halides is 1. The third-order valence-corrected chi connectivity index (χ3v) is 3.00. The van der Waals surface area contributed by atoms with E-state index in [0.717, 1.165) is 0 Å². The molecular formula is C14H17ClO4. The predicted molar refractivity (Wildman–Crippen MR) is 72.8 cm³/mol. The number of Topliss-reactive ketones (excluding diaryl/α,β-unsaturated/α-hetero) is 1. The van der Waals surface area contributed by atoms with Crippen molar-refractivity contribution in [2.45, 2.75) is 26.1 Å². The fourth-order valence-electron chi connectivity index (χ4n) is 1.58. The van der Waals surface area contributed by atoms with E-state index in [2.05, 4.69) is 0 Å². The zero-order valence-corrected chi connectivity index (χ0v) is 12.0. The van der Waals surface area contributed by atoms with Crippen LogP contribution in [0.1, 0.15) is 42.1 Å². The fourth-order valence-corrected chi connectivity index (χ4v) is 1.76. The van der Waals surface area contributed by atoms with Crippen LogP contribution in [0.4, 0.5) is 0 Å². The molecule has 0 saturated carbocycles. The summed E-state index contributed by atoms with van der Waals surface area (Å²) in [6.45, 7) is 5.68. The third-order valence-electron chi connectivity index (χ3n) is 2.45. The molecule has 1 aromatic rings. The first-order valence-corrected chi connectivity index (χ1v) is 6.53. The van der Waals surface area contributed by atoms with E-state index in [-0.39, 0.29) is 5.78 Å². The van der Waals surface area contributed by atoms with Gasteiger partial charge in [-0.3, -0.25) is 4.79 Å². The second-order valence-corrected chi connectivity index (χ2v) is 4.32. The van der Waals surface area contributed by atoms with Crippen LogP contribution in [0.25, 0.3) is 0 Å². The van der Waals surface area contributed by atoms with Crippen molar-refractivity contribution in [3.05, 3.63) is 29.3 Å².